The first-order chi connectivity index (χ1) is 12.0. The summed E-state index contributed by atoms with van der Waals surface area (Å²) in [6, 6.07) is 4.71. The van der Waals surface area contributed by atoms with Gasteiger partial charge in [-0.3, -0.25) is 9.59 Å². The lowest BCUT2D eigenvalue weighted by molar-refractivity contribution is -0.139. The Labute approximate surface area is 145 Å². The number of nitrogens with one attached hydrogen (secondary N) is 2. The number of benzene rings is 1. The quantitative estimate of drug-likeness (QED) is 0.338. The van der Waals surface area contributed by atoms with Crippen molar-refractivity contribution in [1.82, 2.24) is 10.7 Å². The molecule has 0 aromatic heterocycles. The zero-order chi connectivity index (χ0) is 18.7. The van der Waals surface area contributed by atoms with Crippen LogP contribution >= 0.6 is 0 Å². The smallest absolute Gasteiger partial charge is 0.341 e. The highest BCUT2D eigenvalue weighted by Crippen LogP contribution is 2.28. The molecule has 2 amide bonds. The van der Waals surface area contributed by atoms with E-state index in [1.165, 1.54) is 12.3 Å². The lowest BCUT2D eigenvalue weighted by Gasteiger charge is -2.11. The molecular weight excluding hydrogens is 330 g/mol. The Bertz CT molecular complexity index is 645. The summed E-state index contributed by atoms with van der Waals surface area (Å²) < 4.78 is 10.5. The van der Waals surface area contributed by atoms with Gasteiger partial charge in [-0.05, 0) is 37.1 Å². The number of aliphatic carboxylic acids is 1. The molecule has 0 bridgehead atoms. The molecule has 9 heteroatoms. The number of carbonyl (C=O) groups excluding carboxylic acids is 2. The van der Waals surface area contributed by atoms with Crippen molar-refractivity contribution < 1.29 is 29.0 Å². The maximum Gasteiger partial charge on any atom is 0.341 e. The van der Waals surface area contributed by atoms with Crippen molar-refractivity contribution in [3.63, 3.8) is 0 Å². The molecule has 0 atom stereocenters. The number of hydrazone groups is 1. The van der Waals surface area contributed by atoms with Crippen LogP contribution in [0.4, 0.5) is 0 Å². The van der Waals surface area contributed by atoms with Crippen LogP contribution in [0, 0.1) is 0 Å². The number of nitrogens with zero attached hydrogens (tertiary/aromatic N) is 1. The molecule has 0 unspecified atom stereocenters. The summed E-state index contributed by atoms with van der Waals surface area (Å²) in [5, 5.41) is 14.8. The summed E-state index contributed by atoms with van der Waals surface area (Å²) >= 11 is 0. The van der Waals surface area contributed by atoms with E-state index in [-0.39, 0.29) is 5.75 Å². The number of amides is 2. The van der Waals surface area contributed by atoms with E-state index in [1.54, 1.807) is 19.1 Å². The minimum atomic E-state index is -1.10. The molecule has 1 rings (SSSR count). The lowest BCUT2D eigenvalue weighted by Crippen LogP contribution is -2.38. The number of hydrogen-bond acceptors (Lipinski definition) is 6. The van der Waals surface area contributed by atoms with Gasteiger partial charge in [-0.25, -0.2) is 10.2 Å². The zero-order valence-corrected chi connectivity index (χ0v) is 14.1. The third-order valence-corrected chi connectivity index (χ3v) is 2.74. The maximum atomic E-state index is 11.5. The third-order valence-electron chi connectivity index (χ3n) is 2.74. The normalized spacial score (nSPS) is 10.3. The maximum absolute atomic E-state index is 11.5. The third kappa shape index (κ3) is 7.34. The predicted molar refractivity (Wildman–Crippen MR) is 89.8 cm³/mol. The van der Waals surface area contributed by atoms with Crippen LogP contribution in [0.5, 0.6) is 11.5 Å². The van der Waals surface area contributed by atoms with Gasteiger partial charge in [-0.15, -0.1) is 0 Å². The number of carboxylic acids is 1. The Morgan fingerprint density at radius 3 is 2.56 bits per heavy atom. The average molecular weight is 351 g/mol. The number of carbonyl (C=O) groups is 3. The minimum absolute atomic E-state index is 0.282. The van der Waals surface area contributed by atoms with Crippen molar-refractivity contribution in [2.45, 2.75) is 20.3 Å². The molecular formula is C16H21N3O6. The van der Waals surface area contributed by atoms with E-state index in [9.17, 15) is 14.4 Å². The second-order valence-electron chi connectivity index (χ2n) is 4.78. The minimum Gasteiger partial charge on any atom is -0.490 e. The molecule has 0 heterocycles. The molecule has 0 spiro atoms. The Morgan fingerprint density at radius 2 is 1.92 bits per heavy atom. The molecule has 1 aromatic carbocycles. The van der Waals surface area contributed by atoms with Gasteiger partial charge in [-0.1, -0.05) is 6.92 Å². The fourth-order valence-corrected chi connectivity index (χ4v) is 1.67. The molecule has 0 saturated heterocycles. The van der Waals surface area contributed by atoms with Crippen molar-refractivity contribution in [3.05, 3.63) is 23.8 Å². The number of carboxylic acid groups (broad SMARTS) is 1. The first kappa shape index (κ1) is 19.9. The highest BCUT2D eigenvalue weighted by atomic mass is 16.5. The van der Waals surface area contributed by atoms with Crippen LogP contribution in [-0.2, 0) is 14.4 Å². The van der Waals surface area contributed by atoms with Gasteiger partial charge >= 0.3 is 17.8 Å². The summed E-state index contributed by atoms with van der Waals surface area (Å²) in [6.45, 7) is 3.92. The van der Waals surface area contributed by atoms with Crippen molar-refractivity contribution in [2.24, 2.45) is 5.10 Å². The first-order valence-electron chi connectivity index (χ1n) is 7.70. The Balaban J connectivity index is 2.71. The Hall–Kier alpha value is -3.10. The van der Waals surface area contributed by atoms with E-state index in [4.69, 9.17) is 14.6 Å². The van der Waals surface area contributed by atoms with Crippen LogP contribution < -0.4 is 20.2 Å². The topological polar surface area (TPSA) is 126 Å². The standard InChI is InChI=1S/C16H21N3O6/c1-3-7-17-15(22)16(23)19-18-9-11-5-6-12(25-10-14(20)21)13(8-11)24-4-2/h5-6,8-9H,3-4,7,10H2,1-2H3,(H,17,22)(H,19,23)(H,20,21)/b18-9-. The predicted octanol–water partition coefficient (Wildman–Crippen LogP) is 0.525. The van der Waals surface area contributed by atoms with Crippen LogP contribution in [0.3, 0.4) is 0 Å². The van der Waals surface area contributed by atoms with Crippen LogP contribution in [0.1, 0.15) is 25.8 Å². The van der Waals surface area contributed by atoms with Gasteiger partial charge in [0.05, 0.1) is 12.8 Å². The van der Waals surface area contributed by atoms with Crippen LogP contribution in [-0.4, -0.2) is 48.9 Å². The first-order valence-corrected chi connectivity index (χ1v) is 7.70. The second kappa shape index (κ2) is 10.6. The van der Waals surface area contributed by atoms with Crippen LogP contribution in [0.15, 0.2) is 23.3 Å². The van der Waals surface area contributed by atoms with Crippen LogP contribution in [0.2, 0.25) is 0 Å². The van der Waals surface area contributed by atoms with Gasteiger partial charge in [-0.2, -0.15) is 5.10 Å². The van der Waals surface area contributed by atoms with E-state index in [0.717, 1.165) is 6.42 Å². The summed E-state index contributed by atoms with van der Waals surface area (Å²) in [7, 11) is 0. The number of hydrogen-bond donors (Lipinski definition) is 3. The molecule has 25 heavy (non-hydrogen) atoms. The molecule has 3 N–H and O–H groups in total. The number of rotatable bonds is 9. The summed E-state index contributed by atoms with van der Waals surface area (Å²) in [5.41, 5.74) is 2.68. The van der Waals surface area contributed by atoms with E-state index < -0.39 is 24.4 Å². The molecule has 0 fully saturated rings. The van der Waals surface area contributed by atoms with Crippen LogP contribution in [0.25, 0.3) is 0 Å². The molecule has 1 aromatic rings. The van der Waals surface area contributed by atoms with E-state index in [2.05, 4.69) is 15.8 Å². The molecule has 0 saturated carbocycles. The monoisotopic (exact) mass is 351 g/mol. The molecule has 0 radical (unpaired) electrons. The van der Waals surface area contributed by atoms with Crippen molar-refractivity contribution in [3.8, 4) is 11.5 Å². The average Bonchev–Trinajstić information content (AvgIpc) is 2.58. The fourth-order valence-electron chi connectivity index (χ4n) is 1.67. The van der Waals surface area contributed by atoms with E-state index in [1.807, 2.05) is 6.92 Å². The zero-order valence-electron chi connectivity index (χ0n) is 14.1. The Morgan fingerprint density at radius 1 is 1.16 bits per heavy atom. The lowest BCUT2D eigenvalue weighted by atomic mass is 10.2. The molecule has 9 nitrogen and oxygen atoms in total. The van der Waals surface area contributed by atoms with Crippen molar-refractivity contribution >= 4 is 24.0 Å². The van der Waals surface area contributed by atoms with E-state index in [0.29, 0.717) is 24.5 Å². The van der Waals surface area contributed by atoms with Crippen molar-refractivity contribution in [2.75, 3.05) is 19.8 Å². The summed E-state index contributed by atoms with van der Waals surface area (Å²) in [5.74, 6) is -2.09. The SMILES string of the molecule is CCCNC(=O)C(=O)N/N=C\c1ccc(OCC(=O)O)c(OCC)c1. The molecule has 136 valence electrons. The van der Waals surface area contributed by atoms with Gasteiger partial charge < -0.3 is 19.9 Å². The molecule has 0 aliphatic carbocycles. The summed E-state index contributed by atoms with van der Waals surface area (Å²) in [6.07, 6.45) is 2.05. The molecule has 0 aliphatic rings. The van der Waals surface area contributed by atoms with E-state index >= 15 is 0 Å². The Kier molecular flexibility index (Phi) is 8.48. The van der Waals surface area contributed by atoms with Gasteiger partial charge in [0.2, 0.25) is 0 Å². The van der Waals surface area contributed by atoms with Crippen molar-refractivity contribution in [1.29, 1.82) is 0 Å². The van der Waals surface area contributed by atoms with Gasteiger partial charge in [0.15, 0.2) is 18.1 Å². The number of ether oxygens (including phenoxy) is 2. The second-order valence-corrected chi connectivity index (χ2v) is 4.78. The highest BCUT2D eigenvalue weighted by molar-refractivity contribution is 6.35. The molecule has 0 aliphatic heterocycles. The largest absolute Gasteiger partial charge is 0.490 e. The fraction of sp³-hybridized carbons (Fsp3) is 0.375. The highest BCUT2D eigenvalue weighted by Gasteiger charge is 2.11. The van der Waals surface area contributed by atoms with Gasteiger partial charge in [0.25, 0.3) is 0 Å². The van der Waals surface area contributed by atoms with Gasteiger partial charge in [0, 0.05) is 6.54 Å². The van der Waals surface area contributed by atoms with Gasteiger partial charge in [0.1, 0.15) is 0 Å². The summed E-state index contributed by atoms with van der Waals surface area (Å²) in [4.78, 5) is 33.4.